The van der Waals surface area contributed by atoms with Crippen LogP contribution >= 0.6 is 0 Å². The van der Waals surface area contributed by atoms with Gasteiger partial charge in [-0.15, -0.1) is 0 Å². The van der Waals surface area contributed by atoms with E-state index >= 15 is 0 Å². The van der Waals surface area contributed by atoms with Crippen LogP contribution in [0, 0.1) is 17.0 Å². The summed E-state index contributed by atoms with van der Waals surface area (Å²) in [5, 5.41) is 11.0. The summed E-state index contributed by atoms with van der Waals surface area (Å²) in [5.74, 6) is -2.75. The third-order valence-electron chi connectivity index (χ3n) is 6.41. The summed E-state index contributed by atoms with van der Waals surface area (Å²) in [6.45, 7) is 1.77. The molecule has 0 fully saturated rings. The zero-order valence-corrected chi connectivity index (χ0v) is 23.9. The molecule has 4 rings (SSSR count). The number of hydrogen-bond acceptors (Lipinski definition) is 9. The number of rotatable bonds is 10. The fourth-order valence-corrected chi connectivity index (χ4v) is 5.65. The maximum absolute atomic E-state index is 14.0. The van der Waals surface area contributed by atoms with Crippen LogP contribution in [0.15, 0.2) is 108 Å². The number of non-ortho nitro benzene ring substituents is 1. The van der Waals surface area contributed by atoms with Gasteiger partial charge in [0.05, 0.1) is 40.2 Å². The van der Waals surface area contributed by atoms with E-state index < -0.39 is 45.3 Å². The molecule has 43 heavy (non-hydrogen) atoms. The standard InChI is InChI=1S/C31H26N2O9S/c1-21-12-18-25(19-13-21)43(39,40)32(27-11-7-6-10-26(27)31(36)41-2)29(34)20-28(22-8-4-3-5-9-22)42-30(35)23-14-16-24(17-15-23)33(37)38/h3-19,28H,20H2,1-2H3. The van der Waals surface area contributed by atoms with Crippen molar-refractivity contribution in [2.24, 2.45) is 0 Å². The van der Waals surface area contributed by atoms with Gasteiger partial charge in [0.15, 0.2) is 0 Å². The lowest BCUT2D eigenvalue weighted by atomic mass is 10.1. The smallest absolute Gasteiger partial charge is 0.340 e. The van der Waals surface area contributed by atoms with Gasteiger partial charge < -0.3 is 9.47 Å². The van der Waals surface area contributed by atoms with Crippen LogP contribution in [-0.4, -0.2) is 38.3 Å². The van der Waals surface area contributed by atoms with Crippen molar-refractivity contribution in [2.75, 3.05) is 11.4 Å². The van der Waals surface area contributed by atoms with E-state index in [4.69, 9.17) is 9.47 Å². The average Bonchev–Trinajstić information content (AvgIpc) is 3.01. The van der Waals surface area contributed by atoms with Gasteiger partial charge >= 0.3 is 11.9 Å². The highest BCUT2D eigenvalue weighted by Gasteiger charge is 2.36. The minimum Gasteiger partial charge on any atom is -0.465 e. The molecule has 4 aromatic rings. The van der Waals surface area contributed by atoms with Crippen molar-refractivity contribution in [1.29, 1.82) is 0 Å². The fourth-order valence-electron chi connectivity index (χ4n) is 4.20. The molecule has 1 atom stereocenters. The van der Waals surface area contributed by atoms with Crippen LogP contribution in [0.1, 0.15) is 44.4 Å². The molecule has 0 radical (unpaired) electrons. The van der Waals surface area contributed by atoms with Gasteiger partial charge in [0, 0.05) is 12.1 Å². The van der Waals surface area contributed by atoms with Crippen molar-refractivity contribution in [3.05, 3.63) is 135 Å². The van der Waals surface area contributed by atoms with Gasteiger partial charge in [0.1, 0.15) is 6.10 Å². The largest absolute Gasteiger partial charge is 0.465 e. The lowest BCUT2D eigenvalue weighted by Gasteiger charge is -2.26. The number of ether oxygens (including phenoxy) is 2. The number of hydrogen-bond donors (Lipinski definition) is 0. The number of esters is 2. The molecule has 0 N–H and O–H groups in total. The van der Waals surface area contributed by atoms with Gasteiger partial charge in [-0.1, -0.05) is 60.2 Å². The molecule has 11 nitrogen and oxygen atoms in total. The topological polar surface area (TPSA) is 150 Å². The lowest BCUT2D eigenvalue weighted by Crippen LogP contribution is -2.39. The van der Waals surface area contributed by atoms with E-state index in [2.05, 4.69) is 0 Å². The van der Waals surface area contributed by atoms with Gasteiger partial charge in [-0.3, -0.25) is 14.9 Å². The normalized spacial score (nSPS) is 11.7. The summed E-state index contributed by atoms with van der Waals surface area (Å²) in [6.07, 6.45) is -1.90. The second-order valence-corrected chi connectivity index (χ2v) is 11.1. The Morgan fingerprint density at radius 2 is 1.44 bits per heavy atom. The number of carbonyl (C=O) groups excluding carboxylic acids is 3. The molecule has 1 unspecified atom stereocenters. The molecule has 0 saturated carbocycles. The Balaban J connectivity index is 1.77. The predicted molar refractivity (Wildman–Crippen MR) is 156 cm³/mol. The first-order chi connectivity index (χ1) is 20.5. The molecule has 0 aliphatic rings. The minimum absolute atomic E-state index is 0.0147. The van der Waals surface area contributed by atoms with Gasteiger partial charge in [0.25, 0.3) is 15.7 Å². The Hall–Kier alpha value is -5.36. The Kier molecular flexibility index (Phi) is 9.31. The summed E-state index contributed by atoms with van der Waals surface area (Å²) >= 11 is 0. The highest BCUT2D eigenvalue weighted by molar-refractivity contribution is 7.93. The van der Waals surface area contributed by atoms with E-state index in [9.17, 15) is 32.9 Å². The number of nitro benzene ring substituents is 1. The first-order valence-electron chi connectivity index (χ1n) is 12.9. The number of aryl methyl sites for hydroxylation is 1. The first kappa shape index (κ1) is 30.6. The number of methoxy groups -OCH3 is 1. The number of anilines is 1. The molecule has 12 heteroatoms. The number of amides is 1. The van der Waals surface area contributed by atoms with E-state index in [0.717, 1.165) is 24.8 Å². The quantitative estimate of drug-likeness (QED) is 0.132. The molecule has 220 valence electrons. The van der Waals surface area contributed by atoms with Crippen LogP contribution in [0.4, 0.5) is 11.4 Å². The third-order valence-corrected chi connectivity index (χ3v) is 8.16. The Bertz CT molecular complexity index is 1760. The summed E-state index contributed by atoms with van der Waals surface area (Å²) in [7, 11) is -3.46. The van der Waals surface area contributed by atoms with Crippen LogP contribution in [0.2, 0.25) is 0 Å². The van der Waals surface area contributed by atoms with E-state index in [1.54, 1.807) is 49.4 Å². The van der Waals surface area contributed by atoms with Crippen molar-refractivity contribution >= 4 is 39.2 Å². The van der Waals surface area contributed by atoms with Crippen molar-refractivity contribution < 1.29 is 37.2 Å². The van der Waals surface area contributed by atoms with Gasteiger partial charge in [-0.2, -0.15) is 0 Å². The van der Waals surface area contributed by atoms with Crippen molar-refractivity contribution in [1.82, 2.24) is 0 Å². The SMILES string of the molecule is COC(=O)c1ccccc1N(C(=O)CC(OC(=O)c1ccc([N+](=O)[O-])cc1)c1ccccc1)S(=O)(=O)c1ccc(C)cc1. The van der Waals surface area contributed by atoms with Crippen LogP contribution < -0.4 is 4.31 Å². The Morgan fingerprint density at radius 3 is 2.05 bits per heavy atom. The summed E-state index contributed by atoms with van der Waals surface area (Å²) in [6, 6.07) is 24.3. The molecular formula is C31H26N2O9S. The van der Waals surface area contributed by atoms with E-state index in [0.29, 0.717) is 9.87 Å². The molecule has 0 saturated heterocycles. The maximum atomic E-state index is 14.0. The van der Waals surface area contributed by atoms with E-state index in [1.165, 1.54) is 48.5 Å². The van der Waals surface area contributed by atoms with Crippen molar-refractivity contribution in [3.63, 3.8) is 0 Å². The van der Waals surface area contributed by atoms with Crippen LogP contribution in [0.25, 0.3) is 0 Å². The van der Waals surface area contributed by atoms with Crippen LogP contribution in [0.3, 0.4) is 0 Å². The molecule has 0 aromatic heterocycles. The molecule has 1 amide bonds. The van der Waals surface area contributed by atoms with Gasteiger partial charge in [0.2, 0.25) is 5.91 Å². The minimum atomic E-state index is -4.58. The number of carbonyl (C=O) groups is 3. The zero-order chi connectivity index (χ0) is 31.1. The highest BCUT2D eigenvalue weighted by atomic mass is 32.2. The van der Waals surface area contributed by atoms with Crippen LogP contribution in [0.5, 0.6) is 0 Å². The zero-order valence-electron chi connectivity index (χ0n) is 23.1. The number of nitro groups is 1. The second kappa shape index (κ2) is 13.1. The number of nitrogens with zero attached hydrogens (tertiary/aromatic N) is 2. The average molecular weight is 603 g/mol. The maximum Gasteiger partial charge on any atom is 0.340 e. The van der Waals surface area contributed by atoms with Crippen molar-refractivity contribution in [3.8, 4) is 0 Å². The number of para-hydroxylation sites is 1. The fraction of sp³-hybridized carbons (Fsp3) is 0.129. The first-order valence-corrected chi connectivity index (χ1v) is 14.3. The number of benzene rings is 4. The molecule has 0 heterocycles. The summed E-state index contributed by atoms with van der Waals surface area (Å²) in [4.78, 5) is 49.9. The van der Waals surface area contributed by atoms with E-state index in [1.807, 2.05) is 0 Å². The van der Waals surface area contributed by atoms with Gasteiger partial charge in [-0.25, -0.2) is 22.3 Å². The Morgan fingerprint density at radius 1 is 0.837 bits per heavy atom. The van der Waals surface area contributed by atoms with Gasteiger partial charge in [-0.05, 0) is 48.9 Å². The summed E-state index contributed by atoms with van der Waals surface area (Å²) < 4.78 is 39.0. The molecule has 0 aliphatic carbocycles. The molecule has 4 aromatic carbocycles. The second-order valence-electron chi connectivity index (χ2n) is 9.30. The lowest BCUT2D eigenvalue weighted by molar-refractivity contribution is -0.384. The third kappa shape index (κ3) is 6.93. The number of sulfonamides is 1. The van der Waals surface area contributed by atoms with E-state index in [-0.39, 0.29) is 27.4 Å². The summed E-state index contributed by atoms with van der Waals surface area (Å²) in [5.41, 5.74) is 0.516. The van der Waals surface area contributed by atoms with Crippen molar-refractivity contribution in [2.45, 2.75) is 24.3 Å². The molecular weight excluding hydrogens is 576 g/mol. The van der Waals surface area contributed by atoms with Crippen LogP contribution in [-0.2, 0) is 24.3 Å². The Labute approximate surface area is 247 Å². The predicted octanol–water partition coefficient (Wildman–Crippen LogP) is 5.40. The molecule has 0 spiro atoms. The molecule has 0 bridgehead atoms. The molecule has 0 aliphatic heterocycles. The highest BCUT2D eigenvalue weighted by Crippen LogP contribution is 2.32. The monoisotopic (exact) mass is 602 g/mol.